The van der Waals surface area contributed by atoms with E-state index >= 15 is 0 Å². The number of amides is 1. The van der Waals surface area contributed by atoms with Crippen LogP contribution in [-0.2, 0) is 20.9 Å². The number of piperidine rings is 1. The molecule has 2 aliphatic heterocycles. The van der Waals surface area contributed by atoms with Crippen molar-refractivity contribution in [3.05, 3.63) is 48.0 Å². The number of hydrogen-bond donors (Lipinski definition) is 0. The number of carbonyl (C=O) groups excluding carboxylic acids is 2. The summed E-state index contributed by atoms with van der Waals surface area (Å²) in [5.41, 5.74) is 0.963. The van der Waals surface area contributed by atoms with Gasteiger partial charge in [0.1, 0.15) is 6.61 Å². The number of allylic oxidation sites excluding steroid dienone is 2. The van der Waals surface area contributed by atoms with Gasteiger partial charge in [-0.1, -0.05) is 36.4 Å². The molecule has 2 unspecified atom stereocenters. The molecule has 2 saturated heterocycles. The van der Waals surface area contributed by atoms with E-state index in [9.17, 15) is 9.59 Å². The van der Waals surface area contributed by atoms with E-state index in [2.05, 4.69) is 0 Å². The Morgan fingerprint density at radius 1 is 1.21 bits per heavy atom. The number of rotatable bonds is 4. The number of morpholine rings is 1. The molecular formula is C19H23NO4. The summed E-state index contributed by atoms with van der Waals surface area (Å²) in [6.45, 7) is 3.04. The van der Waals surface area contributed by atoms with Gasteiger partial charge in [-0.05, 0) is 31.4 Å². The second-order valence-electron chi connectivity index (χ2n) is 6.36. The van der Waals surface area contributed by atoms with Crippen molar-refractivity contribution in [3.8, 4) is 0 Å². The molecule has 1 aromatic carbocycles. The highest BCUT2D eigenvalue weighted by atomic mass is 16.6. The van der Waals surface area contributed by atoms with Gasteiger partial charge in [-0.2, -0.15) is 0 Å². The smallest absolute Gasteiger partial charge is 0.410 e. The Morgan fingerprint density at radius 3 is 2.50 bits per heavy atom. The van der Waals surface area contributed by atoms with Crippen molar-refractivity contribution in [1.29, 1.82) is 0 Å². The third-order valence-electron chi connectivity index (χ3n) is 4.67. The van der Waals surface area contributed by atoms with Gasteiger partial charge in [0.2, 0.25) is 0 Å². The summed E-state index contributed by atoms with van der Waals surface area (Å²) < 4.78 is 11.1. The van der Waals surface area contributed by atoms with Crippen LogP contribution in [0.4, 0.5) is 4.79 Å². The summed E-state index contributed by atoms with van der Waals surface area (Å²) in [5, 5.41) is 0. The first-order chi connectivity index (χ1) is 11.7. The van der Waals surface area contributed by atoms with Crippen LogP contribution in [0.3, 0.4) is 0 Å². The van der Waals surface area contributed by atoms with Gasteiger partial charge in [-0.15, -0.1) is 0 Å². The monoisotopic (exact) mass is 329 g/mol. The van der Waals surface area contributed by atoms with Crippen molar-refractivity contribution in [2.24, 2.45) is 5.92 Å². The van der Waals surface area contributed by atoms with E-state index in [0.29, 0.717) is 26.1 Å². The maximum Gasteiger partial charge on any atom is 0.410 e. The van der Waals surface area contributed by atoms with Crippen molar-refractivity contribution < 1.29 is 19.1 Å². The zero-order valence-electron chi connectivity index (χ0n) is 13.9. The minimum atomic E-state index is -0.311. The fourth-order valence-corrected chi connectivity index (χ4v) is 3.54. The number of ether oxygens (including phenoxy) is 2. The molecule has 2 aliphatic rings. The Labute approximate surface area is 142 Å². The van der Waals surface area contributed by atoms with Crippen molar-refractivity contribution in [3.63, 3.8) is 0 Å². The summed E-state index contributed by atoms with van der Waals surface area (Å²) in [4.78, 5) is 26.5. The summed E-state index contributed by atoms with van der Waals surface area (Å²) >= 11 is 0. The average molecular weight is 329 g/mol. The van der Waals surface area contributed by atoms with E-state index in [4.69, 9.17) is 9.47 Å². The van der Waals surface area contributed by atoms with Gasteiger partial charge in [0.05, 0.1) is 25.3 Å². The van der Waals surface area contributed by atoms with Crippen molar-refractivity contribution in [2.75, 3.05) is 13.2 Å². The molecule has 2 atom stereocenters. The van der Waals surface area contributed by atoms with Gasteiger partial charge in [0.25, 0.3) is 0 Å². The third kappa shape index (κ3) is 3.67. The lowest BCUT2D eigenvalue weighted by Gasteiger charge is -2.47. The lowest BCUT2D eigenvalue weighted by molar-refractivity contribution is -0.126. The van der Waals surface area contributed by atoms with Gasteiger partial charge in [-0.3, -0.25) is 9.69 Å². The molecule has 1 amide bonds. The number of hydrogen-bond acceptors (Lipinski definition) is 4. The Kier molecular flexibility index (Phi) is 5.30. The first kappa shape index (κ1) is 16.7. The first-order valence-corrected chi connectivity index (χ1v) is 8.42. The first-order valence-electron chi connectivity index (χ1n) is 8.42. The Hall–Kier alpha value is -2.14. The number of carbonyl (C=O) groups is 2. The zero-order valence-corrected chi connectivity index (χ0v) is 13.9. The fraction of sp³-hybridized carbons (Fsp3) is 0.474. The molecule has 1 aromatic rings. The minimum absolute atomic E-state index is 0.0294. The van der Waals surface area contributed by atoms with Crippen LogP contribution in [0.2, 0.25) is 0 Å². The molecule has 0 N–H and O–H groups in total. The Balaban J connectivity index is 1.63. The topological polar surface area (TPSA) is 55.8 Å². The molecule has 3 rings (SSSR count). The highest BCUT2D eigenvalue weighted by molar-refractivity contribution is 5.92. The van der Waals surface area contributed by atoms with Crippen LogP contribution < -0.4 is 0 Å². The van der Waals surface area contributed by atoms with Crippen LogP contribution in [0.15, 0.2) is 42.5 Å². The minimum Gasteiger partial charge on any atom is -0.445 e. The molecule has 2 heterocycles. The zero-order chi connectivity index (χ0) is 16.9. The fourth-order valence-electron chi connectivity index (χ4n) is 3.54. The summed E-state index contributed by atoms with van der Waals surface area (Å²) in [6.07, 6.45) is 4.37. The molecule has 0 aromatic heterocycles. The van der Waals surface area contributed by atoms with Crippen LogP contribution >= 0.6 is 0 Å². The maximum atomic E-state index is 12.5. The van der Waals surface area contributed by atoms with Crippen LogP contribution in [0, 0.1) is 5.92 Å². The van der Waals surface area contributed by atoms with Crippen LogP contribution in [0.25, 0.3) is 0 Å². The Bertz CT molecular complexity index is 599. The summed E-state index contributed by atoms with van der Waals surface area (Å²) in [5.74, 6) is 0.116. The summed E-state index contributed by atoms with van der Waals surface area (Å²) in [6, 6.07) is 9.46. The Morgan fingerprint density at radius 2 is 1.88 bits per heavy atom. The van der Waals surface area contributed by atoms with E-state index in [1.54, 1.807) is 17.1 Å². The number of nitrogens with zero attached hydrogens (tertiary/aromatic N) is 1. The number of ketones is 1. The van der Waals surface area contributed by atoms with Crippen LogP contribution in [0.5, 0.6) is 0 Å². The van der Waals surface area contributed by atoms with E-state index < -0.39 is 0 Å². The molecule has 24 heavy (non-hydrogen) atoms. The lowest BCUT2D eigenvalue weighted by atomic mass is 9.82. The van der Waals surface area contributed by atoms with Crippen LogP contribution in [-0.4, -0.2) is 42.1 Å². The van der Waals surface area contributed by atoms with E-state index in [0.717, 1.165) is 5.56 Å². The quantitative estimate of drug-likeness (QED) is 0.797. The molecule has 0 saturated carbocycles. The van der Waals surface area contributed by atoms with Crippen molar-refractivity contribution in [1.82, 2.24) is 4.90 Å². The molecule has 0 spiro atoms. The largest absolute Gasteiger partial charge is 0.445 e. The molecule has 5 nitrogen and oxygen atoms in total. The second kappa shape index (κ2) is 7.62. The standard InChI is InChI=1S/C19H23NO4/c1-2-6-18(21)15-9-16-12-23-13-17(10-15)20(16)19(22)24-11-14-7-4-3-5-8-14/h2-8,15-17H,9-13H2,1H3/b6-2-. The molecule has 0 aliphatic carbocycles. The summed E-state index contributed by atoms with van der Waals surface area (Å²) in [7, 11) is 0. The van der Waals surface area contributed by atoms with Gasteiger partial charge in [-0.25, -0.2) is 4.79 Å². The van der Waals surface area contributed by atoms with Gasteiger partial charge >= 0.3 is 6.09 Å². The van der Waals surface area contributed by atoms with Crippen LogP contribution in [0.1, 0.15) is 25.3 Å². The molecule has 2 fully saturated rings. The van der Waals surface area contributed by atoms with Gasteiger partial charge < -0.3 is 9.47 Å². The van der Waals surface area contributed by atoms with E-state index in [1.807, 2.05) is 37.3 Å². The number of benzene rings is 1. The highest BCUT2D eigenvalue weighted by Crippen LogP contribution is 2.33. The SMILES string of the molecule is C/C=C\C(=O)C1CC2COCC(C1)N2C(=O)OCc1ccccc1. The number of fused-ring (bicyclic) bond motifs is 2. The molecule has 5 heteroatoms. The highest BCUT2D eigenvalue weighted by Gasteiger charge is 2.43. The van der Waals surface area contributed by atoms with E-state index in [1.165, 1.54) is 0 Å². The van der Waals surface area contributed by atoms with Crippen molar-refractivity contribution in [2.45, 2.75) is 38.5 Å². The van der Waals surface area contributed by atoms with Gasteiger partial charge in [0, 0.05) is 5.92 Å². The predicted molar refractivity (Wildman–Crippen MR) is 89.4 cm³/mol. The third-order valence-corrected chi connectivity index (χ3v) is 4.67. The molecule has 128 valence electrons. The molecular weight excluding hydrogens is 306 g/mol. The van der Waals surface area contributed by atoms with E-state index in [-0.39, 0.29) is 36.5 Å². The normalized spacial score (nSPS) is 26.4. The average Bonchev–Trinajstić information content (AvgIpc) is 2.59. The second-order valence-corrected chi connectivity index (χ2v) is 6.36. The maximum absolute atomic E-state index is 12.5. The lowest BCUT2D eigenvalue weighted by Crippen LogP contribution is -2.59. The van der Waals surface area contributed by atoms with Gasteiger partial charge in [0.15, 0.2) is 5.78 Å². The molecule has 2 bridgehead atoms. The predicted octanol–water partition coefficient (Wildman–Crippen LogP) is 2.95. The van der Waals surface area contributed by atoms with Crippen molar-refractivity contribution >= 4 is 11.9 Å². The molecule has 0 radical (unpaired) electrons.